The van der Waals surface area contributed by atoms with Crippen LogP contribution in [0.15, 0.2) is 53.5 Å². The molecule has 2 aromatic carbocycles. The number of aliphatic imine (C=N–C) groups is 1. The lowest BCUT2D eigenvalue weighted by molar-refractivity contribution is -0.153. The van der Waals surface area contributed by atoms with Crippen molar-refractivity contribution in [2.75, 3.05) is 18.8 Å². The Morgan fingerprint density at radius 3 is 2.51 bits per heavy atom. The van der Waals surface area contributed by atoms with E-state index in [4.69, 9.17) is 4.99 Å². The number of amides is 2. The summed E-state index contributed by atoms with van der Waals surface area (Å²) in [4.78, 5) is 31.7. The van der Waals surface area contributed by atoms with Crippen LogP contribution in [0, 0.1) is 13.8 Å². The molecule has 0 bridgehead atoms. The molecule has 0 aliphatic carbocycles. The topological polar surface area (TPSA) is 102 Å². The van der Waals surface area contributed by atoms with Crippen molar-refractivity contribution in [3.8, 4) is 0 Å². The number of nitrogens with one attached hydrogen (secondary N) is 1. The van der Waals surface area contributed by atoms with Crippen molar-refractivity contribution < 1.29 is 19.8 Å². The summed E-state index contributed by atoms with van der Waals surface area (Å²) in [6.07, 6.45) is -1.21. The van der Waals surface area contributed by atoms with Gasteiger partial charge in [-0.05, 0) is 55.4 Å². The largest absolute Gasteiger partial charge is 0.380 e. The van der Waals surface area contributed by atoms with Crippen molar-refractivity contribution in [2.24, 2.45) is 4.99 Å². The zero-order valence-electron chi connectivity index (χ0n) is 20.2. The summed E-state index contributed by atoms with van der Waals surface area (Å²) < 4.78 is 0. The van der Waals surface area contributed by atoms with Crippen molar-refractivity contribution in [2.45, 2.75) is 57.4 Å². The van der Waals surface area contributed by atoms with Crippen molar-refractivity contribution in [1.82, 2.24) is 10.2 Å². The van der Waals surface area contributed by atoms with E-state index >= 15 is 0 Å². The maximum absolute atomic E-state index is 12.9. The fourth-order valence-corrected chi connectivity index (χ4v) is 5.82. The predicted molar refractivity (Wildman–Crippen MR) is 138 cm³/mol. The second-order valence-corrected chi connectivity index (χ2v) is 10.4. The number of aliphatic hydroxyl groups excluding tert-OH is 2. The van der Waals surface area contributed by atoms with E-state index in [1.54, 1.807) is 16.7 Å². The molecule has 1 fully saturated rings. The first-order valence-corrected chi connectivity index (χ1v) is 13.1. The molecule has 1 unspecified atom stereocenters. The molecule has 7 nitrogen and oxygen atoms in total. The Balaban J connectivity index is 1.30. The van der Waals surface area contributed by atoms with E-state index in [9.17, 15) is 19.8 Å². The summed E-state index contributed by atoms with van der Waals surface area (Å²) in [5.41, 5.74) is 4.79. The molecule has 186 valence electrons. The summed E-state index contributed by atoms with van der Waals surface area (Å²) in [5, 5.41) is 24.3. The number of nitrogens with zero attached hydrogens (tertiary/aromatic N) is 2. The van der Waals surface area contributed by atoms with Crippen LogP contribution in [0.2, 0.25) is 0 Å². The highest BCUT2D eigenvalue weighted by molar-refractivity contribution is 8.14. The number of aryl methyl sites for hydroxylation is 2. The number of carbonyl (C=O) groups excluding carboxylic acids is 2. The van der Waals surface area contributed by atoms with Crippen molar-refractivity contribution in [1.29, 1.82) is 0 Å². The van der Waals surface area contributed by atoms with Crippen LogP contribution < -0.4 is 5.32 Å². The molecular formula is C27H33N3O4S. The van der Waals surface area contributed by atoms with Gasteiger partial charge in [-0.25, -0.2) is 0 Å². The van der Waals surface area contributed by atoms with Gasteiger partial charge in [0.15, 0.2) is 12.2 Å². The van der Waals surface area contributed by atoms with Crippen LogP contribution in [0.1, 0.15) is 41.1 Å². The Hall–Kier alpha value is -2.68. The van der Waals surface area contributed by atoms with Crippen LogP contribution >= 0.6 is 11.8 Å². The first kappa shape index (κ1) is 25.4. The number of hydrogen-bond donors (Lipinski definition) is 3. The van der Waals surface area contributed by atoms with Gasteiger partial charge in [-0.15, -0.1) is 11.8 Å². The Labute approximate surface area is 210 Å². The lowest BCUT2D eigenvalue weighted by atomic mass is 9.97. The molecule has 1 saturated heterocycles. The van der Waals surface area contributed by atoms with Crippen LogP contribution in [-0.2, 0) is 16.0 Å². The number of hydrogen-bond acceptors (Lipinski definition) is 6. The molecule has 35 heavy (non-hydrogen) atoms. The van der Waals surface area contributed by atoms with Gasteiger partial charge in [-0.2, -0.15) is 0 Å². The first-order chi connectivity index (χ1) is 16.8. The average Bonchev–Trinajstić information content (AvgIpc) is 3.54. The molecule has 0 spiro atoms. The molecule has 0 radical (unpaired) electrons. The van der Waals surface area contributed by atoms with Gasteiger partial charge in [-0.1, -0.05) is 48.5 Å². The highest BCUT2D eigenvalue weighted by Gasteiger charge is 2.38. The summed E-state index contributed by atoms with van der Waals surface area (Å²) >= 11 is 1.58. The first-order valence-electron chi connectivity index (χ1n) is 12.1. The van der Waals surface area contributed by atoms with Crippen molar-refractivity contribution in [3.63, 3.8) is 0 Å². The van der Waals surface area contributed by atoms with E-state index in [-0.39, 0.29) is 18.6 Å². The van der Waals surface area contributed by atoms with Gasteiger partial charge in [0.25, 0.3) is 11.8 Å². The van der Waals surface area contributed by atoms with Gasteiger partial charge in [0.1, 0.15) is 0 Å². The number of carbonyl (C=O) groups is 2. The standard InChI is InChI=1S/C27H33N3O4S/c1-17-8-6-9-18(2)21(17)14-20-16-35-23(29-20)15-28-26(33)24(31)25(32)27(34)30-13-7-12-22(30)19-10-4-3-5-11-19/h3-6,8-11,20,22,24-25,31-32H,7,12-16H2,1-2H3,(H,28,33)/t20?,22-,24-,25-/m1/s1. The van der Waals surface area contributed by atoms with E-state index in [1.807, 2.05) is 30.3 Å². The van der Waals surface area contributed by atoms with Crippen molar-refractivity contribution >= 4 is 28.6 Å². The van der Waals surface area contributed by atoms with Crippen LogP contribution in [0.4, 0.5) is 0 Å². The molecule has 4 atom stereocenters. The second-order valence-electron chi connectivity index (χ2n) is 9.27. The molecule has 0 aromatic heterocycles. The molecule has 2 aliphatic heterocycles. The van der Waals surface area contributed by atoms with E-state index in [0.29, 0.717) is 6.54 Å². The quantitative estimate of drug-likeness (QED) is 0.523. The summed E-state index contributed by atoms with van der Waals surface area (Å²) in [7, 11) is 0. The molecular weight excluding hydrogens is 462 g/mol. The molecule has 2 aliphatic rings. The minimum atomic E-state index is -1.84. The van der Waals surface area contributed by atoms with Gasteiger partial charge in [-0.3, -0.25) is 14.6 Å². The van der Waals surface area contributed by atoms with Gasteiger partial charge >= 0.3 is 0 Å². The summed E-state index contributed by atoms with van der Waals surface area (Å²) in [6.45, 7) is 4.86. The van der Waals surface area contributed by atoms with E-state index in [2.05, 4.69) is 37.4 Å². The monoisotopic (exact) mass is 495 g/mol. The SMILES string of the molecule is Cc1cccc(C)c1CC1CSC(CNC(=O)[C@H](O)[C@@H](O)C(=O)N2CCC[C@@H]2c2ccccc2)=N1. The summed E-state index contributed by atoms with van der Waals surface area (Å²) in [5.74, 6) is -0.568. The fraction of sp³-hybridized carbons (Fsp3) is 0.444. The Morgan fingerprint density at radius 2 is 1.80 bits per heavy atom. The Bertz CT molecular complexity index is 1070. The number of aliphatic hydroxyl groups is 2. The molecule has 2 heterocycles. The number of thioether (sulfide) groups is 1. The number of benzene rings is 2. The lowest BCUT2D eigenvalue weighted by Gasteiger charge is -2.28. The molecule has 3 N–H and O–H groups in total. The second kappa shape index (κ2) is 11.4. The third-order valence-corrected chi connectivity index (χ3v) is 7.94. The summed E-state index contributed by atoms with van der Waals surface area (Å²) in [6, 6.07) is 15.8. The van der Waals surface area contributed by atoms with E-state index < -0.39 is 24.0 Å². The number of rotatable bonds is 8. The van der Waals surface area contributed by atoms with Gasteiger partial charge in [0.05, 0.1) is 23.7 Å². The smallest absolute Gasteiger partial charge is 0.255 e. The predicted octanol–water partition coefficient (Wildman–Crippen LogP) is 2.56. The van der Waals surface area contributed by atoms with Gasteiger partial charge < -0.3 is 20.4 Å². The third kappa shape index (κ3) is 5.94. The number of likely N-dealkylation sites (tertiary alicyclic amines) is 1. The molecule has 4 rings (SSSR count). The highest BCUT2D eigenvalue weighted by atomic mass is 32.2. The minimum absolute atomic E-state index is 0.133. The van der Waals surface area contributed by atoms with Crippen LogP contribution in [-0.4, -0.2) is 69.1 Å². The minimum Gasteiger partial charge on any atom is -0.380 e. The van der Waals surface area contributed by atoms with E-state index in [0.717, 1.165) is 35.6 Å². The fourth-order valence-electron chi connectivity index (χ4n) is 4.85. The average molecular weight is 496 g/mol. The van der Waals surface area contributed by atoms with E-state index in [1.165, 1.54) is 16.7 Å². The maximum atomic E-state index is 12.9. The van der Waals surface area contributed by atoms with Crippen LogP contribution in [0.3, 0.4) is 0 Å². The third-order valence-electron chi connectivity index (χ3n) is 6.81. The zero-order valence-corrected chi connectivity index (χ0v) is 21.0. The molecule has 2 aromatic rings. The molecule has 2 amide bonds. The van der Waals surface area contributed by atoms with Gasteiger partial charge in [0.2, 0.25) is 0 Å². The molecule has 8 heteroatoms. The Morgan fingerprint density at radius 1 is 1.09 bits per heavy atom. The van der Waals surface area contributed by atoms with Crippen LogP contribution in [0.25, 0.3) is 0 Å². The Kier molecular flexibility index (Phi) is 8.26. The van der Waals surface area contributed by atoms with Crippen LogP contribution in [0.5, 0.6) is 0 Å². The normalized spacial score (nSPS) is 21.5. The van der Waals surface area contributed by atoms with Crippen molar-refractivity contribution in [3.05, 3.63) is 70.8 Å². The van der Waals surface area contributed by atoms with Gasteiger partial charge in [0, 0.05) is 12.3 Å². The highest BCUT2D eigenvalue weighted by Crippen LogP contribution is 2.32. The zero-order chi connectivity index (χ0) is 24.9. The molecule has 0 saturated carbocycles. The lowest BCUT2D eigenvalue weighted by Crippen LogP contribution is -2.51. The maximum Gasteiger partial charge on any atom is 0.255 e.